The van der Waals surface area contributed by atoms with E-state index in [0.717, 1.165) is 28.7 Å². The lowest BCUT2D eigenvalue weighted by Crippen LogP contribution is -2.35. The van der Waals surface area contributed by atoms with Gasteiger partial charge < -0.3 is 25.4 Å². The summed E-state index contributed by atoms with van der Waals surface area (Å²) in [5.74, 6) is 1.75. The molecule has 11 nitrogen and oxygen atoms in total. The van der Waals surface area contributed by atoms with E-state index in [2.05, 4.69) is 44.9 Å². The minimum Gasteiger partial charge on any atom is -0.493 e. The second kappa shape index (κ2) is 14.2. The molecular weight excluding hydrogens is 639 g/mol. The first-order valence-electron chi connectivity index (χ1n) is 15.4. The summed E-state index contributed by atoms with van der Waals surface area (Å²) in [5, 5.41) is 15.3. The molecule has 1 aromatic carbocycles. The summed E-state index contributed by atoms with van der Waals surface area (Å²) < 4.78 is 13.0. The first-order chi connectivity index (χ1) is 22.7. The Morgan fingerprint density at radius 3 is 2.57 bits per heavy atom. The molecule has 47 heavy (non-hydrogen) atoms. The number of pyridine rings is 3. The number of hydrogen-bond acceptors (Lipinski definition) is 9. The summed E-state index contributed by atoms with van der Waals surface area (Å²) in [7, 11) is 3.20. The Morgan fingerprint density at radius 1 is 1.02 bits per heavy atom. The third-order valence-electron chi connectivity index (χ3n) is 7.98. The lowest BCUT2D eigenvalue weighted by atomic mass is 10.00. The Balaban J connectivity index is 1.30. The molecule has 0 saturated carbocycles. The molecule has 5 aromatic rings. The van der Waals surface area contributed by atoms with Crippen molar-refractivity contribution in [1.82, 2.24) is 40.5 Å². The predicted octanol–water partition coefficient (Wildman–Crippen LogP) is 5.71. The van der Waals surface area contributed by atoms with Crippen molar-refractivity contribution < 1.29 is 14.3 Å². The molecule has 1 aliphatic heterocycles. The average molecular weight is 676 g/mol. The first-order valence-corrected chi connectivity index (χ1v) is 16.2. The van der Waals surface area contributed by atoms with Gasteiger partial charge in [-0.2, -0.15) is 0 Å². The number of amides is 1. The zero-order chi connectivity index (χ0) is 33.1. The molecule has 1 fully saturated rings. The van der Waals surface area contributed by atoms with Crippen molar-refractivity contribution in [1.29, 1.82) is 0 Å². The molecule has 5 heterocycles. The van der Waals surface area contributed by atoms with Crippen molar-refractivity contribution >= 4 is 34.8 Å². The fourth-order valence-electron chi connectivity index (χ4n) is 5.58. The summed E-state index contributed by atoms with van der Waals surface area (Å²) in [4.78, 5) is 25.5. The number of halogens is 2. The van der Waals surface area contributed by atoms with Gasteiger partial charge in [-0.3, -0.25) is 9.78 Å². The largest absolute Gasteiger partial charge is 0.493 e. The molecule has 4 aromatic heterocycles. The molecule has 0 spiro atoms. The maximum Gasteiger partial charge on any atom is 0.220 e. The van der Waals surface area contributed by atoms with Crippen LogP contribution in [0.4, 0.5) is 0 Å². The van der Waals surface area contributed by atoms with E-state index in [4.69, 9.17) is 37.7 Å². The molecule has 6 rings (SSSR count). The third-order valence-corrected chi connectivity index (χ3v) is 8.77. The Kier molecular flexibility index (Phi) is 9.88. The van der Waals surface area contributed by atoms with Crippen LogP contribution in [0.3, 0.4) is 0 Å². The number of nitrogens with zero attached hydrogens (tertiary/aromatic N) is 5. The zero-order valence-corrected chi connectivity index (χ0v) is 28.1. The Labute approximate surface area is 283 Å². The molecule has 1 aliphatic rings. The Morgan fingerprint density at radius 2 is 1.83 bits per heavy atom. The van der Waals surface area contributed by atoms with Gasteiger partial charge in [0.05, 0.1) is 42.2 Å². The van der Waals surface area contributed by atoms with Crippen LogP contribution < -0.4 is 25.4 Å². The molecular formula is C34H36Cl2N8O3. The van der Waals surface area contributed by atoms with E-state index in [0.29, 0.717) is 82.2 Å². The number of nitrogens with one attached hydrogen (secondary N) is 3. The Hall–Kier alpha value is -4.29. The molecule has 244 valence electrons. The predicted molar refractivity (Wildman–Crippen MR) is 183 cm³/mol. The monoisotopic (exact) mass is 674 g/mol. The highest BCUT2D eigenvalue weighted by Gasteiger charge is 2.22. The van der Waals surface area contributed by atoms with Gasteiger partial charge in [0.15, 0.2) is 17.2 Å². The second-order valence-corrected chi connectivity index (χ2v) is 12.4. The number of carbonyl (C=O) groups is 1. The van der Waals surface area contributed by atoms with Crippen LogP contribution in [0.1, 0.15) is 38.1 Å². The van der Waals surface area contributed by atoms with E-state index in [-0.39, 0.29) is 11.9 Å². The van der Waals surface area contributed by atoms with E-state index in [9.17, 15) is 4.79 Å². The van der Waals surface area contributed by atoms with Crippen LogP contribution in [-0.2, 0) is 17.9 Å². The zero-order valence-electron chi connectivity index (χ0n) is 26.6. The summed E-state index contributed by atoms with van der Waals surface area (Å²) in [6, 6.07) is 13.9. The average Bonchev–Trinajstić information content (AvgIpc) is 3.68. The van der Waals surface area contributed by atoms with E-state index in [1.807, 2.05) is 48.7 Å². The standard InChI is InChI=1S/C34H36Cl2N8O3/c1-19(2)39-15-20-8-10-26(41-34(20)47-4)25-7-5-6-23(30(25)35)24-12-13-38-32(31(24)36)21-14-27(46-3)33-42-28(43-44(33)18-21)17-37-16-22-9-11-29(45)40-22/h5-8,10,12-14,18-19,22,37,39H,9,11,15-17H2,1-4H3,(H,40,45). The van der Waals surface area contributed by atoms with Crippen LogP contribution in [0.2, 0.25) is 10.0 Å². The molecule has 0 aliphatic carbocycles. The molecule has 1 atom stereocenters. The quantitative estimate of drug-likeness (QED) is 0.152. The van der Waals surface area contributed by atoms with Gasteiger partial charge in [0, 0.05) is 71.8 Å². The number of ether oxygens (including phenoxy) is 2. The van der Waals surface area contributed by atoms with Crippen molar-refractivity contribution in [3.05, 3.63) is 76.3 Å². The molecule has 0 radical (unpaired) electrons. The minimum absolute atomic E-state index is 0.0871. The van der Waals surface area contributed by atoms with E-state index >= 15 is 0 Å². The normalized spacial score (nSPS) is 14.6. The smallest absolute Gasteiger partial charge is 0.220 e. The van der Waals surface area contributed by atoms with Crippen LogP contribution in [-0.4, -0.2) is 63.3 Å². The summed E-state index contributed by atoms with van der Waals surface area (Å²) in [6.07, 6.45) is 4.91. The van der Waals surface area contributed by atoms with Gasteiger partial charge in [0.1, 0.15) is 0 Å². The number of fused-ring (bicyclic) bond motifs is 1. The fraction of sp³-hybridized carbons (Fsp3) is 0.324. The molecule has 1 unspecified atom stereocenters. The van der Waals surface area contributed by atoms with Gasteiger partial charge in [0.2, 0.25) is 11.8 Å². The molecule has 1 saturated heterocycles. The van der Waals surface area contributed by atoms with Crippen molar-refractivity contribution in [3.8, 4) is 45.3 Å². The maximum atomic E-state index is 11.5. The van der Waals surface area contributed by atoms with Gasteiger partial charge in [-0.1, -0.05) is 61.3 Å². The minimum atomic E-state index is 0.0871. The van der Waals surface area contributed by atoms with Crippen LogP contribution in [0.25, 0.3) is 39.3 Å². The van der Waals surface area contributed by atoms with E-state index in [1.165, 1.54) is 0 Å². The van der Waals surface area contributed by atoms with Gasteiger partial charge in [-0.25, -0.2) is 14.5 Å². The third kappa shape index (κ3) is 7.03. The maximum absolute atomic E-state index is 11.5. The van der Waals surface area contributed by atoms with Gasteiger partial charge >= 0.3 is 0 Å². The number of rotatable bonds is 12. The summed E-state index contributed by atoms with van der Waals surface area (Å²) >= 11 is 14.1. The van der Waals surface area contributed by atoms with Gasteiger partial charge in [-0.05, 0) is 24.6 Å². The number of hydrogen-bond donors (Lipinski definition) is 3. The highest BCUT2D eigenvalue weighted by Crippen LogP contribution is 2.42. The van der Waals surface area contributed by atoms with E-state index in [1.54, 1.807) is 24.9 Å². The SMILES string of the molecule is COc1nc(-c2cccc(-c3ccnc(-c4cc(OC)c5nc(CNCC6CCC(=O)N6)nn5c4)c3Cl)c2Cl)ccc1CNC(C)C. The fourth-order valence-corrected chi connectivity index (χ4v) is 6.23. The van der Waals surface area contributed by atoms with Crippen LogP contribution in [0.5, 0.6) is 11.6 Å². The number of methoxy groups -OCH3 is 2. The lowest BCUT2D eigenvalue weighted by molar-refractivity contribution is -0.119. The highest BCUT2D eigenvalue weighted by molar-refractivity contribution is 6.39. The van der Waals surface area contributed by atoms with Crippen molar-refractivity contribution in [2.75, 3.05) is 20.8 Å². The lowest BCUT2D eigenvalue weighted by Gasteiger charge is -2.15. The van der Waals surface area contributed by atoms with Crippen molar-refractivity contribution in [3.63, 3.8) is 0 Å². The van der Waals surface area contributed by atoms with Gasteiger partial charge in [0.25, 0.3) is 0 Å². The Bertz CT molecular complexity index is 1930. The van der Waals surface area contributed by atoms with E-state index < -0.39 is 0 Å². The van der Waals surface area contributed by atoms with Crippen molar-refractivity contribution in [2.45, 2.75) is 51.9 Å². The summed E-state index contributed by atoms with van der Waals surface area (Å²) in [5.41, 5.74) is 5.66. The molecule has 13 heteroatoms. The van der Waals surface area contributed by atoms with Crippen molar-refractivity contribution in [2.24, 2.45) is 0 Å². The number of aromatic nitrogens is 5. The molecule has 3 N–H and O–H groups in total. The first kappa shape index (κ1) is 32.6. The molecule has 0 bridgehead atoms. The van der Waals surface area contributed by atoms with Crippen LogP contribution in [0, 0.1) is 0 Å². The second-order valence-electron chi connectivity index (χ2n) is 11.6. The van der Waals surface area contributed by atoms with Gasteiger partial charge in [-0.15, -0.1) is 5.10 Å². The topological polar surface area (TPSA) is 128 Å². The van der Waals surface area contributed by atoms with Crippen LogP contribution >= 0.6 is 23.2 Å². The number of benzene rings is 1. The molecule has 1 amide bonds. The summed E-state index contributed by atoms with van der Waals surface area (Å²) in [6.45, 7) is 5.91. The highest BCUT2D eigenvalue weighted by atomic mass is 35.5. The van der Waals surface area contributed by atoms with Crippen LogP contribution in [0.15, 0.2) is 54.9 Å². The number of carbonyl (C=O) groups excluding carboxylic acids is 1.